The number of aryl methyl sites for hydroxylation is 1. The smallest absolute Gasteiger partial charge is 0.197 e. The fourth-order valence-electron chi connectivity index (χ4n) is 7.16. The van der Waals surface area contributed by atoms with Crippen molar-refractivity contribution in [1.29, 1.82) is 0 Å². The topological polar surface area (TPSA) is 68.3 Å². The van der Waals surface area contributed by atoms with Crippen LogP contribution in [-0.4, -0.2) is 23.1 Å². The Kier molecular flexibility index (Phi) is 5.84. The van der Waals surface area contributed by atoms with Crippen LogP contribution in [0.3, 0.4) is 0 Å². The number of carbonyl (C=O) groups is 4. The Hall–Kier alpha value is -4.21. The summed E-state index contributed by atoms with van der Waals surface area (Å²) in [4.78, 5) is 55.9. The van der Waals surface area contributed by atoms with E-state index < -0.39 is 40.6 Å². The minimum absolute atomic E-state index is 0.0186. The van der Waals surface area contributed by atoms with Crippen LogP contribution in [0, 0.1) is 24.4 Å². The lowest BCUT2D eigenvalue weighted by molar-refractivity contribution is 0.0975. The van der Waals surface area contributed by atoms with Crippen LogP contribution in [0.4, 0.5) is 13.2 Å². The molecular formula is C35H21F3O4S2. The zero-order valence-electron chi connectivity index (χ0n) is 23.2. The molecule has 1 spiro atoms. The predicted molar refractivity (Wildman–Crippen MR) is 162 cm³/mol. The van der Waals surface area contributed by atoms with E-state index in [-0.39, 0.29) is 38.8 Å². The van der Waals surface area contributed by atoms with Gasteiger partial charge in [-0.3, -0.25) is 19.2 Å². The summed E-state index contributed by atoms with van der Waals surface area (Å²) in [5, 5.41) is 0. The van der Waals surface area contributed by atoms with Crippen molar-refractivity contribution in [2.24, 2.45) is 0 Å². The number of benzene rings is 2. The van der Waals surface area contributed by atoms with E-state index in [9.17, 15) is 32.3 Å². The third-order valence-corrected chi connectivity index (χ3v) is 11.7. The maximum absolute atomic E-state index is 14.2. The second-order valence-corrected chi connectivity index (χ2v) is 14.0. The third kappa shape index (κ3) is 3.69. The normalized spacial score (nSPS) is 18.8. The van der Waals surface area contributed by atoms with Gasteiger partial charge in [0.2, 0.25) is 0 Å². The molecule has 1 saturated carbocycles. The van der Waals surface area contributed by atoms with E-state index in [1.807, 2.05) is 6.07 Å². The number of hydrogen-bond donors (Lipinski definition) is 0. The highest BCUT2D eigenvalue weighted by Crippen LogP contribution is 2.61. The molecule has 0 radical (unpaired) electrons. The zero-order chi connectivity index (χ0) is 30.7. The van der Waals surface area contributed by atoms with Crippen molar-refractivity contribution < 1.29 is 32.3 Å². The highest BCUT2D eigenvalue weighted by atomic mass is 32.1. The van der Waals surface area contributed by atoms with Crippen LogP contribution in [-0.2, 0) is 5.41 Å². The Bertz CT molecular complexity index is 1890. The molecule has 4 aliphatic carbocycles. The molecule has 0 amide bonds. The molecule has 1 fully saturated rings. The zero-order valence-corrected chi connectivity index (χ0v) is 24.9. The first-order valence-corrected chi connectivity index (χ1v) is 15.9. The molecule has 0 unspecified atom stereocenters. The minimum atomic E-state index is -1.18. The lowest BCUT2D eigenvalue weighted by atomic mass is 9.68. The molecule has 4 nitrogen and oxygen atoms in total. The van der Waals surface area contributed by atoms with E-state index in [0.29, 0.717) is 10.4 Å². The van der Waals surface area contributed by atoms with Gasteiger partial charge in [-0.25, -0.2) is 13.2 Å². The summed E-state index contributed by atoms with van der Waals surface area (Å²) in [5.41, 5.74) is 2.25. The Morgan fingerprint density at radius 3 is 1.45 bits per heavy atom. The summed E-state index contributed by atoms with van der Waals surface area (Å²) in [6, 6.07) is 8.20. The molecule has 4 aliphatic rings. The minimum Gasteiger partial charge on any atom is -0.288 e. The van der Waals surface area contributed by atoms with Crippen LogP contribution in [0.1, 0.15) is 100.0 Å². The van der Waals surface area contributed by atoms with Crippen LogP contribution in [0.2, 0.25) is 0 Å². The SMILES string of the molecule is Cc1cc2c(cc1F)C(=O)/C(=C\c1cc3c(s1)-c1sc(C=C4C(=O)c5cc(F)c(F)cc5C4=O)cc1C31CCCCC1)C2=O. The molecule has 44 heavy (non-hydrogen) atoms. The number of thiophene rings is 2. The highest BCUT2D eigenvalue weighted by molar-refractivity contribution is 7.23. The Balaban J connectivity index is 1.21. The number of carbonyl (C=O) groups excluding carboxylic acids is 4. The van der Waals surface area contributed by atoms with Crippen LogP contribution < -0.4 is 0 Å². The van der Waals surface area contributed by atoms with Crippen molar-refractivity contribution in [2.45, 2.75) is 44.4 Å². The van der Waals surface area contributed by atoms with Crippen molar-refractivity contribution in [3.05, 3.63) is 114 Å². The van der Waals surface area contributed by atoms with E-state index >= 15 is 0 Å². The molecule has 0 N–H and O–H groups in total. The van der Waals surface area contributed by atoms with Crippen molar-refractivity contribution in [1.82, 2.24) is 0 Å². The van der Waals surface area contributed by atoms with Crippen LogP contribution in [0.15, 0.2) is 47.5 Å². The number of Topliss-reactive ketones (excluding diaryl/α,β-unsaturated/α-hetero) is 4. The standard InChI is InChI=1S/C35H21F3O4S2/c1-15-7-18-19(12-26(15)36)30(40)22(29(18)39)8-16-10-24-33(43-16)34-25(35(24)5-3-2-4-6-35)11-17(44-34)9-23-31(41)20-13-27(37)28(38)14-21(20)32(23)42/h7-14H,2-6H2,1H3/b22-8-. The van der Waals surface area contributed by atoms with Crippen molar-refractivity contribution in [2.75, 3.05) is 0 Å². The van der Waals surface area contributed by atoms with E-state index in [2.05, 4.69) is 6.07 Å². The predicted octanol–water partition coefficient (Wildman–Crippen LogP) is 8.69. The molecule has 2 aromatic carbocycles. The first kappa shape index (κ1) is 27.3. The van der Waals surface area contributed by atoms with Gasteiger partial charge in [0, 0.05) is 47.2 Å². The molecular weight excluding hydrogens is 606 g/mol. The number of rotatable bonds is 2. The molecule has 9 heteroatoms. The summed E-state index contributed by atoms with van der Waals surface area (Å²) in [7, 11) is 0. The van der Waals surface area contributed by atoms with Crippen LogP contribution in [0.25, 0.3) is 21.9 Å². The lowest BCUT2D eigenvalue weighted by Gasteiger charge is -2.34. The average Bonchev–Trinajstić information content (AvgIpc) is 3.77. The first-order chi connectivity index (χ1) is 21.1. The van der Waals surface area contributed by atoms with E-state index in [1.54, 1.807) is 13.0 Å². The van der Waals surface area contributed by atoms with Gasteiger partial charge in [-0.15, -0.1) is 22.7 Å². The summed E-state index contributed by atoms with van der Waals surface area (Å²) < 4.78 is 41.9. The van der Waals surface area contributed by atoms with Gasteiger partial charge in [0.25, 0.3) is 0 Å². The van der Waals surface area contributed by atoms with Gasteiger partial charge >= 0.3 is 0 Å². The van der Waals surface area contributed by atoms with Gasteiger partial charge in [-0.05, 0) is 85.0 Å². The van der Waals surface area contributed by atoms with Gasteiger partial charge in [-0.1, -0.05) is 19.3 Å². The maximum atomic E-state index is 14.2. The van der Waals surface area contributed by atoms with Crippen molar-refractivity contribution in [3.63, 3.8) is 0 Å². The second-order valence-electron chi connectivity index (χ2n) is 11.8. The summed E-state index contributed by atoms with van der Waals surface area (Å²) >= 11 is 2.92. The van der Waals surface area contributed by atoms with Gasteiger partial charge < -0.3 is 0 Å². The molecule has 8 rings (SSSR count). The van der Waals surface area contributed by atoms with E-state index in [4.69, 9.17) is 0 Å². The van der Waals surface area contributed by atoms with E-state index in [0.717, 1.165) is 76.1 Å². The lowest BCUT2D eigenvalue weighted by Crippen LogP contribution is -2.27. The highest BCUT2D eigenvalue weighted by Gasteiger charge is 2.47. The van der Waals surface area contributed by atoms with Gasteiger partial charge in [0.15, 0.2) is 34.8 Å². The van der Waals surface area contributed by atoms with Gasteiger partial charge in [0.1, 0.15) is 5.82 Å². The molecule has 0 saturated heterocycles. The summed E-state index contributed by atoms with van der Waals surface area (Å²) in [6.07, 6.45) is 8.12. The molecule has 0 atom stereocenters. The molecule has 2 aromatic heterocycles. The number of fused-ring (bicyclic) bond motifs is 7. The van der Waals surface area contributed by atoms with Crippen molar-refractivity contribution >= 4 is 58.0 Å². The molecule has 2 heterocycles. The Labute approximate surface area is 257 Å². The number of ketones is 4. The van der Waals surface area contributed by atoms with E-state index in [1.165, 1.54) is 34.8 Å². The maximum Gasteiger partial charge on any atom is 0.197 e. The third-order valence-electron chi connectivity index (χ3n) is 9.34. The fraction of sp³-hybridized carbons (Fsp3) is 0.200. The Morgan fingerprint density at radius 2 is 1.00 bits per heavy atom. The van der Waals surface area contributed by atoms with Crippen LogP contribution in [0.5, 0.6) is 0 Å². The molecule has 0 aliphatic heterocycles. The molecule has 4 aromatic rings. The fourth-order valence-corrected chi connectivity index (χ4v) is 9.73. The van der Waals surface area contributed by atoms with Crippen LogP contribution >= 0.6 is 22.7 Å². The Morgan fingerprint density at radius 1 is 0.591 bits per heavy atom. The molecule has 0 bridgehead atoms. The largest absolute Gasteiger partial charge is 0.288 e. The first-order valence-electron chi connectivity index (χ1n) is 14.3. The summed E-state index contributed by atoms with van der Waals surface area (Å²) in [6.45, 7) is 1.56. The number of halogens is 3. The number of allylic oxidation sites excluding steroid dienone is 2. The monoisotopic (exact) mass is 626 g/mol. The quantitative estimate of drug-likeness (QED) is 0.165. The second kappa shape index (κ2) is 9.39. The number of hydrogen-bond acceptors (Lipinski definition) is 6. The molecule has 218 valence electrons. The average molecular weight is 627 g/mol. The summed E-state index contributed by atoms with van der Waals surface area (Å²) in [5.74, 6) is -5.03. The van der Waals surface area contributed by atoms with Gasteiger partial charge in [0.05, 0.1) is 11.1 Å². The van der Waals surface area contributed by atoms with Gasteiger partial charge in [-0.2, -0.15) is 0 Å². The van der Waals surface area contributed by atoms with Crippen molar-refractivity contribution in [3.8, 4) is 9.75 Å².